The van der Waals surface area contributed by atoms with Crippen molar-refractivity contribution in [2.45, 2.75) is 19.8 Å². The fourth-order valence-electron chi connectivity index (χ4n) is 2.11. The molecule has 0 spiro atoms. The number of benzene rings is 1. The highest BCUT2D eigenvalue weighted by molar-refractivity contribution is 6.30. The largest absolute Gasteiger partial charge is 0.486 e. The van der Waals surface area contributed by atoms with Crippen LogP contribution < -0.4 is 9.47 Å². The summed E-state index contributed by atoms with van der Waals surface area (Å²) >= 11 is 6.20. The van der Waals surface area contributed by atoms with E-state index >= 15 is 0 Å². The first-order valence-electron chi connectivity index (χ1n) is 6.05. The molecule has 0 bridgehead atoms. The van der Waals surface area contributed by atoms with E-state index in [-0.39, 0.29) is 0 Å². The average Bonchev–Trinajstić information content (AvgIpc) is 2.35. The number of hydrogen-bond acceptors (Lipinski definition) is 3. The number of ether oxygens (including phenoxy) is 2. The quantitative estimate of drug-likeness (QED) is 0.734. The van der Waals surface area contributed by atoms with Gasteiger partial charge in [0, 0.05) is 11.5 Å². The van der Waals surface area contributed by atoms with Gasteiger partial charge in [0.15, 0.2) is 11.5 Å². The maximum Gasteiger partial charge on any atom is 0.163 e. The molecule has 0 amide bonds. The highest BCUT2D eigenvalue weighted by Crippen LogP contribution is 2.36. The Morgan fingerprint density at radius 1 is 1.11 bits per heavy atom. The van der Waals surface area contributed by atoms with E-state index in [1.54, 1.807) is 0 Å². The summed E-state index contributed by atoms with van der Waals surface area (Å²) < 4.78 is 11.1. The Morgan fingerprint density at radius 2 is 1.78 bits per heavy atom. The summed E-state index contributed by atoms with van der Waals surface area (Å²) in [6, 6.07) is 5.94. The number of aromatic nitrogens is 1. The van der Waals surface area contributed by atoms with Crippen LogP contribution >= 0.6 is 11.6 Å². The van der Waals surface area contributed by atoms with Crippen molar-refractivity contribution in [1.82, 2.24) is 4.98 Å². The number of rotatable bonds is 1. The van der Waals surface area contributed by atoms with Crippen LogP contribution in [0.15, 0.2) is 18.2 Å². The van der Waals surface area contributed by atoms with Crippen LogP contribution in [0.25, 0.3) is 10.9 Å². The molecule has 3 nitrogen and oxygen atoms in total. The summed E-state index contributed by atoms with van der Waals surface area (Å²) in [5, 5.41) is 1.60. The van der Waals surface area contributed by atoms with Crippen LogP contribution in [-0.4, -0.2) is 18.2 Å². The van der Waals surface area contributed by atoms with Gasteiger partial charge in [-0.1, -0.05) is 25.4 Å². The molecule has 3 rings (SSSR count). The second kappa shape index (κ2) is 4.32. The maximum absolute atomic E-state index is 6.20. The fraction of sp³-hybridized carbons (Fsp3) is 0.357. The molecule has 1 aliphatic heterocycles. The second-order valence-corrected chi connectivity index (χ2v) is 5.07. The number of fused-ring (bicyclic) bond motifs is 2. The Balaban J connectivity index is 2.21. The van der Waals surface area contributed by atoms with E-state index in [4.69, 9.17) is 21.1 Å². The molecule has 2 aromatic rings. The molecule has 0 radical (unpaired) electrons. The van der Waals surface area contributed by atoms with Crippen molar-refractivity contribution >= 4 is 22.5 Å². The fourth-order valence-corrected chi connectivity index (χ4v) is 2.47. The van der Waals surface area contributed by atoms with Gasteiger partial charge in [-0.2, -0.15) is 0 Å². The zero-order valence-electron chi connectivity index (χ0n) is 10.4. The molecular weight excluding hydrogens is 250 g/mol. The second-order valence-electron chi connectivity index (χ2n) is 4.71. The minimum atomic E-state index is 0.350. The van der Waals surface area contributed by atoms with Gasteiger partial charge in [0.2, 0.25) is 0 Å². The van der Waals surface area contributed by atoms with Gasteiger partial charge in [-0.25, -0.2) is 4.98 Å². The molecule has 1 aromatic heterocycles. The number of nitrogens with zero attached hydrogens (tertiary/aromatic N) is 1. The predicted octanol–water partition coefficient (Wildman–Crippen LogP) is 3.78. The van der Waals surface area contributed by atoms with Crippen LogP contribution in [0.5, 0.6) is 11.5 Å². The number of pyridine rings is 1. The monoisotopic (exact) mass is 263 g/mol. The van der Waals surface area contributed by atoms with E-state index < -0.39 is 0 Å². The van der Waals surface area contributed by atoms with Crippen molar-refractivity contribution < 1.29 is 9.47 Å². The molecule has 2 heterocycles. The molecule has 0 saturated carbocycles. The third kappa shape index (κ3) is 1.89. The molecule has 0 saturated heterocycles. The minimum Gasteiger partial charge on any atom is -0.486 e. The standard InChI is InChI=1S/C14H14ClNO2/c1-8(2)10-5-9-6-12-13(18-4-3-17-12)7-11(9)16-14(10)15/h5-8H,3-4H2,1-2H3. The van der Waals surface area contributed by atoms with Gasteiger partial charge in [0.25, 0.3) is 0 Å². The third-order valence-electron chi connectivity index (χ3n) is 3.08. The maximum atomic E-state index is 6.20. The molecule has 0 N–H and O–H groups in total. The predicted molar refractivity (Wildman–Crippen MR) is 71.8 cm³/mol. The summed E-state index contributed by atoms with van der Waals surface area (Å²) in [5.74, 6) is 1.88. The Hall–Kier alpha value is -1.48. The van der Waals surface area contributed by atoms with Gasteiger partial charge in [0.05, 0.1) is 5.52 Å². The van der Waals surface area contributed by atoms with Crippen LogP contribution in [-0.2, 0) is 0 Å². The molecule has 4 heteroatoms. The zero-order valence-corrected chi connectivity index (χ0v) is 11.1. The summed E-state index contributed by atoms with van der Waals surface area (Å²) in [6.45, 7) is 5.38. The van der Waals surface area contributed by atoms with E-state index in [0.29, 0.717) is 24.3 Å². The van der Waals surface area contributed by atoms with Crippen LogP contribution in [0.4, 0.5) is 0 Å². The van der Waals surface area contributed by atoms with E-state index in [1.165, 1.54) is 0 Å². The van der Waals surface area contributed by atoms with Gasteiger partial charge in [-0.05, 0) is 23.6 Å². The first-order valence-corrected chi connectivity index (χ1v) is 6.43. The topological polar surface area (TPSA) is 31.4 Å². The summed E-state index contributed by atoms with van der Waals surface area (Å²) in [6.07, 6.45) is 0. The van der Waals surface area contributed by atoms with Crippen molar-refractivity contribution in [3.05, 3.63) is 28.9 Å². The van der Waals surface area contributed by atoms with Gasteiger partial charge < -0.3 is 9.47 Å². The van der Waals surface area contributed by atoms with Crippen molar-refractivity contribution in [3.63, 3.8) is 0 Å². The van der Waals surface area contributed by atoms with E-state index in [9.17, 15) is 0 Å². The van der Waals surface area contributed by atoms with Crippen molar-refractivity contribution in [2.75, 3.05) is 13.2 Å². The average molecular weight is 264 g/mol. The molecule has 18 heavy (non-hydrogen) atoms. The molecule has 0 aliphatic carbocycles. The number of halogens is 1. The lowest BCUT2D eigenvalue weighted by Gasteiger charge is -2.19. The smallest absolute Gasteiger partial charge is 0.163 e. The van der Waals surface area contributed by atoms with Gasteiger partial charge in [-0.15, -0.1) is 0 Å². The van der Waals surface area contributed by atoms with Crippen LogP contribution in [0.1, 0.15) is 25.3 Å². The Labute approximate surface area is 111 Å². The van der Waals surface area contributed by atoms with Crippen molar-refractivity contribution in [2.24, 2.45) is 0 Å². The summed E-state index contributed by atoms with van der Waals surface area (Å²) in [7, 11) is 0. The lowest BCUT2D eigenvalue weighted by atomic mass is 10.0. The summed E-state index contributed by atoms with van der Waals surface area (Å²) in [5.41, 5.74) is 1.90. The lowest BCUT2D eigenvalue weighted by molar-refractivity contribution is 0.172. The highest BCUT2D eigenvalue weighted by Gasteiger charge is 2.15. The van der Waals surface area contributed by atoms with E-state index in [1.807, 2.05) is 12.1 Å². The van der Waals surface area contributed by atoms with Gasteiger partial charge in [-0.3, -0.25) is 0 Å². The summed E-state index contributed by atoms with van der Waals surface area (Å²) in [4.78, 5) is 4.43. The van der Waals surface area contributed by atoms with E-state index in [0.717, 1.165) is 28.0 Å². The zero-order chi connectivity index (χ0) is 12.7. The molecule has 0 unspecified atom stereocenters. The molecule has 0 fully saturated rings. The normalized spacial score (nSPS) is 14.2. The Morgan fingerprint density at radius 3 is 2.44 bits per heavy atom. The first kappa shape index (κ1) is 11.6. The van der Waals surface area contributed by atoms with E-state index in [2.05, 4.69) is 24.9 Å². The van der Waals surface area contributed by atoms with Gasteiger partial charge >= 0.3 is 0 Å². The Bertz CT molecular complexity index is 610. The van der Waals surface area contributed by atoms with Crippen molar-refractivity contribution in [1.29, 1.82) is 0 Å². The molecule has 1 aliphatic rings. The number of hydrogen-bond donors (Lipinski definition) is 0. The molecular formula is C14H14ClNO2. The molecule has 94 valence electrons. The SMILES string of the molecule is CC(C)c1cc2cc3c(cc2nc1Cl)OCCO3. The Kier molecular flexibility index (Phi) is 2.78. The molecule has 1 aromatic carbocycles. The van der Waals surface area contributed by atoms with Gasteiger partial charge in [0.1, 0.15) is 18.4 Å². The van der Waals surface area contributed by atoms with Crippen LogP contribution in [0, 0.1) is 0 Å². The lowest BCUT2D eigenvalue weighted by Crippen LogP contribution is -2.15. The van der Waals surface area contributed by atoms with Crippen LogP contribution in [0.3, 0.4) is 0 Å². The third-order valence-corrected chi connectivity index (χ3v) is 3.38. The van der Waals surface area contributed by atoms with Crippen LogP contribution in [0.2, 0.25) is 5.15 Å². The minimum absolute atomic E-state index is 0.350. The molecule has 0 atom stereocenters. The first-order chi connectivity index (χ1) is 8.65. The van der Waals surface area contributed by atoms with Crippen molar-refractivity contribution in [3.8, 4) is 11.5 Å². The highest BCUT2D eigenvalue weighted by atomic mass is 35.5.